The summed E-state index contributed by atoms with van der Waals surface area (Å²) in [7, 11) is 0. The van der Waals surface area contributed by atoms with Gasteiger partial charge in [-0.2, -0.15) is 0 Å². The molecule has 0 radical (unpaired) electrons. The van der Waals surface area contributed by atoms with Crippen LogP contribution in [-0.2, 0) is 4.79 Å². The molecule has 1 aliphatic rings. The highest BCUT2D eigenvalue weighted by atomic mass is 16.1. The summed E-state index contributed by atoms with van der Waals surface area (Å²) in [5.41, 5.74) is 1.61. The minimum Gasteiger partial charge on any atom is -0.324 e. The molecule has 1 aromatic carbocycles. The van der Waals surface area contributed by atoms with Crippen molar-refractivity contribution in [2.24, 2.45) is 11.8 Å². The third kappa shape index (κ3) is 2.97. The number of pyridine rings is 1. The average molecular weight is 280 g/mol. The molecule has 1 fully saturated rings. The van der Waals surface area contributed by atoms with Crippen molar-refractivity contribution in [3.8, 4) is 0 Å². The van der Waals surface area contributed by atoms with Crippen LogP contribution in [0, 0.1) is 11.8 Å². The maximum absolute atomic E-state index is 12.5. The first kappa shape index (κ1) is 13.8. The highest BCUT2D eigenvalue weighted by Gasteiger charge is 2.24. The van der Waals surface area contributed by atoms with E-state index in [1.54, 1.807) is 12.3 Å². The van der Waals surface area contributed by atoms with Gasteiger partial charge in [0.2, 0.25) is 5.91 Å². The van der Waals surface area contributed by atoms with E-state index in [2.05, 4.69) is 16.9 Å². The number of carbonyl (C=O) groups is 1. The van der Waals surface area contributed by atoms with Crippen molar-refractivity contribution in [3.63, 3.8) is 0 Å². The predicted molar refractivity (Wildman–Crippen MR) is 86.0 cm³/mol. The van der Waals surface area contributed by atoms with Gasteiger partial charge in [0, 0.05) is 11.6 Å². The van der Waals surface area contributed by atoms with Crippen molar-refractivity contribution in [3.05, 3.63) is 49.2 Å². The van der Waals surface area contributed by atoms with Crippen LogP contribution < -0.4 is 5.32 Å². The first-order valence-corrected chi connectivity index (χ1v) is 7.55. The van der Waals surface area contributed by atoms with E-state index in [-0.39, 0.29) is 11.8 Å². The predicted octanol–water partition coefficient (Wildman–Crippen LogP) is 4.17. The molecule has 2 aromatic rings. The molecule has 1 aromatic heterocycles. The Hall–Kier alpha value is -2.16. The van der Waals surface area contributed by atoms with E-state index >= 15 is 0 Å². The van der Waals surface area contributed by atoms with Gasteiger partial charge in [0.15, 0.2) is 0 Å². The lowest BCUT2D eigenvalue weighted by Gasteiger charge is -2.28. The summed E-state index contributed by atoms with van der Waals surface area (Å²) in [5.74, 6) is 0.591. The van der Waals surface area contributed by atoms with Crippen LogP contribution in [0.15, 0.2) is 49.2 Å². The quantitative estimate of drug-likeness (QED) is 0.835. The van der Waals surface area contributed by atoms with Gasteiger partial charge in [0.1, 0.15) is 0 Å². The lowest BCUT2D eigenvalue weighted by Crippen LogP contribution is -2.25. The lowest BCUT2D eigenvalue weighted by atomic mass is 9.79. The molecule has 1 atom stereocenters. The molecule has 3 nitrogen and oxygen atoms in total. The summed E-state index contributed by atoms with van der Waals surface area (Å²) in [6.45, 7) is 3.82. The first-order chi connectivity index (χ1) is 10.3. The van der Waals surface area contributed by atoms with E-state index in [1.165, 1.54) is 19.3 Å². The molecule has 0 bridgehead atoms. The zero-order valence-electron chi connectivity index (χ0n) is 12.1. The number of benzene rings is 1. The summed E-state index contributed by atoms with van der Waals surface area (Å²) in [6.07, 6.45) is 8.21. The molecule has 1 amide bonds. The Bertz CT molecular complexity index is 656. The Morgan fingerprint density at radius 3 is 2.90 bits per heavy atom. The third-order valence-electron chi connectivity index (χ3n) is 4.32. The van der Waals surface area contributed by atoms with Crippen LogP contribution in [0.25, 0.3) is 10.9 Å². The van der Waals surface area contributed by atoms with Gasteiger partial charge in [-0.3, -0.25) is 9.78 Å². The second-order valence-corrected chi connectivity index (χ2v) is 5.74. The number of amides is 1. The van der Waals surface area contributed by atoms with Gasteiger partial charge in [-0.25, -0.2) is 0 Å². The maximum Gasteiger partial charge on any atom is 0.231 e. The Morgan fingerprint density at radius 2 is 2.19 bits per heavy atom. The molecule has 3 rings (SSSR count). The molecule has 0 saturated heterocycles. The number of rotatable bonds is 5. The van der Waals surface area contributed by atoms with Crippen molar-refractivity contribution in [2.75, 3.05) is 5.32 Å². The molecule has 1 saturated carbocycles. The number of hydrogen-bond donors (Lipinski definition) is 1. The number of nitrogens with one attached hydrogen (secondary N) is 1. The number of aromatic nitrogens is 1. The smallest absolute Gasteiger partial charge is 0.231 e. The minimum atomic E-state index is -0.116. The topological polar surface area (TPSA) is 42.0 Å². The van der Waals surface area contributed by atoms with Crippen molar-refractivity contribution in [1.82, 2.24) is 4.98 Å². The van der Waals surface area contributed by atoms with Crippen molar-refractivity contribution in [1.29, 1.82) is 0 Å². The van der Waals surface area contributed by atoms with Crippen LogP contribution in [0.2, 0.25) is 0 Å². The number of carbonyl (C=O) groups excluding carboxylic acids is 1. The van der Waals surface area contributed by atoms with Crippen molar-refractivity contribution >= 4 is 22.5 Å². The SMILES string of the molecule is C=CC(CC1CCC1)C(=O)Nc1cccc2cccnc12. The standard InChI is InChI=1S/C18H20N2O/c1-2-14(12-13-6-3-7-13)18(21)20-16-10-4-8-15-9-5-11-19-17(15)16/h2,4-5,8-11,13-14H,1,3,6-7,12H2,(H,20,21). The number of hydrogen-bond acceptors (Lipinski definition) is 2. The largest absolute Gasteiger partial charge is 0.324 e. The molecular formula is C18H20N2O. The normalized spacial score (nSPS) is 16.2. The summed E-state index contributed by atoms with van der Waals surface area (Å²) in [4.78, 5) is 16.8. The van der Waals surface area contributed by atoms with Gasteiger partial charge in [0.05, 0.1) is 17.1 Å². The average Bonchev–Trinajstić information content (AvgIpc) is 2.46. The first-order valence-electron chi connectivity index (χ1n) is 7.55. The fourth-order valence-corrected chi connectivity index (χ4v) is 2.83. The molecular weight excluding hydrogens is 260 g/mol. The van der Waals surface area contributed by atoms with E-state index < -0.39 is 0 Å². The molecule has 21 heavy (non-hydrogen) atoms. The Labute approximate surface area is 125 Å². The van der Waals surface area contributed by atoms with Crippen LogP contribution in [0.3, 0.4) is 0 Å². The molecule has 0 aliphatic heterocycles. The second-order valence-electron chi connectivity index (χ2n) is 5.74. The van der Waals surface area contributed by atoms with Gasteiger partial charge >= 0.3 is 0 Å². The second kappa shape index (κ2) is 6.08. The fourth-order valence-electron chi connectivity index (χ4n) is 2.83. The molecule has 3 heteroatoms. The molecule has 0 spiro atoms. The number of para-hydroxylation sites is 1. The monoisotopic (exact) mass is 280 g/mol. The van der Waals surface area contributed by atoms with Crippen LogP contribution in [0.5, 0.6) is 0 Å². The van der Waals surface area contributed by atoms with Crippen LogP contribution in [0.4, 0.5) is 5.69 Å². The van der Waals surface area contributed by atoms with E-state index in [0.717, 1.165) is 23.0 Å². The number of fused-ring (bicyclic) bond motifs is 1. The minimum absolute atomic E-state index is 0.0232. The van der Waals surface area contributed by atoms with Gasteiger partial charge in [-0.1, -0.05) is 43.5 Å². The summed E-state index contributed by atoms with van der Waals surface area (Å²) >= 11 is 0. The zero-order valence-corrected chi connectivity index (χ0v) is 12.1. The summed E-state index contributed by atoms with van der Waals surface area (Å²) < 4.78 is 0. The third-order valence-corrected chi connectivity index (χ3v) is 4.32. The van der Waals surface area contributed by atoms with Crippen molar-refractivity contribution in [2.45, 2.75) is 25.7 Å². The Kier molecular flexibility index (Phi) is 4.00. The van der Waals surface area contributed by atoms with Gasteiger partial charge in [-0.05, 0) is 24.5 Å². The maximum atomic E-state index is 12.5. The highest BCUT2D eigenvalue weighted by molar-refractivity contribution is 6.01. The number of anilines is 1. The van der Waals surface area contributed by atoms with Crippen LogP contribution in [-0.4, -0.2) is 10.9 Å². The molecule has 1 N–H and O–H groups in total. The van der Waals surface area contributed by atoms with E-state index in [9.17, 15) is 4.79 Å². The van der Waals surface area contributed by atoms with Crippen molar-refractivity contribution < 1.29 is 4.79 Å². The molecule has 1 unspecified atom stereocenters. The zero-order chi connectivity index (χ0) is 14.7. The van der Waals surface area contributed by atoms with Crippen LogP contribution >= 0.6 is 0 Å². The van der Waals surface area contributed by atoms with Crippen LogP contribution in [0.1, 0.15) is 25.7 Å². The van der Waals surface area contributed by atoms with Gasteiger partial charge < -0.3 is 5.32 Å². The summed E-state index contributed by atoms with van der Waals surface area (Å²) in [5, 5.41) is 4.05. The Balaban J connectivity index is 1.77. The van der Waals surface area contributed by atoms with E-state index in [4.69, 9.17) is 0 Å². The lowest BCUT2D eigenvalue weighted by molar-refractivity contribution is -0.119. The summed E-state index contributed by atoms with van der Waals surface area (Å²) in [6, 6.07) is 9.73. The molecule has 108 valence electrons. The van der Waals surface area contributed by atoms with E-state index in [0.29, 0.717) is 5.92 Å². The highest BCUT2D eigenvalue weighted by Crippen LogP contribution is 2.33. The van der Waals surface area contributed by atoms with E-state index in [1.807, 2.05) is 30.3 Å². The van der Waals surface area contributed by atoms with Gasteiger partial charge in [0.25, 0.3) is 0 Å². The van der Waals surface area contributed by atoms with Gasteiger partial charge in [-0.15, -0.1) is 6.58 Å². The fraction of sp³-hybridized carbons (Fsp3) is 0.333. The number of nitrogens with zero attached hydrogens (tertiary/aromatic N) is 1. The Morgan fingerprint density at radius 1 is 1.38 bits per heavy atom. The molecule has 1 aliphatic carbocycles. The molecule has 1 heterocycles.